The van der Waals surface area contributed by atoms with Gasteiger partial charge in [-0.25, -0.2) is 8.78 Å². The summed E-state index contributed by atoms with van der Waals surface area (Å²) in [6.45, 7) is 0.127. The van der Waals surface area contributed by atoms with E-state index >= 15 is 0 Å². The number of aliphatic hydroxyl groups excluding tert-OH is 1. The smallest absolute Gasteiger partial charge is 0.223 e. The minimum absolute atomic E-state index is 0.109. The van der Waals surface area contributed by atoms with Crippen LogP contribution in [0.25, 0.3) is 0 Å². The number of β-amino-alcohol motifs (C(OH)–C–C–N with tert-alkyl or cyclic N) is 1. The first kappa shape index (κ1) is 16.5. The molecule has 24 heavy (non-hydrogen) atoms. The second-order valence-electron chi connectivity index (χ2n) is 5.94. The highest BCUT2D eigenvalue weighted by Crippen LogP contribution is 2.34. The minimum atomic E-state index is -0.739. The molecule has 3 rings (SSSR count). The molecule has 2 heterocycles. The molecule has 0 aliphatic carbocycles. The summed E-state index contributed by atoms with van der Waals surface area (Å²) >= 11 is 0. The molecule has 2 atom stereocenters. The van der Waals surface area contributed by atoms with Gasteiger partial charge in [-0.15, -0.1) is 0 Å². The Morgan fingerprint density at radius 1 is 1.29 bits per heavy atom. The van der Waals surface area contributed by atoms with Crippen molar-refractivity contribution >= 4 is 5.91 Å². The van der Waals surface area contributed by atoms with Crippen LogP contribution in [0.5, 0.6) is 0 Å². The van der Waals surface area contributed by atoms with E-state index in [1.165, 1.54) is 4.90 Å². The molecule has 1 aromatic carbocycles. The van der Waals surface area contributed by atoms with E-state index in [9.17, 15) is 18.7 Å². The molecule has 0 radical (unpaired) electrons. The molecule has 1 aromatic heterocycles. The van der Waals surface area contributed by atoms with E-state index in [0.717, 1.165) is 23.9 Å². The number of amides is 1. The number of likely N-dealkylation sites (tertiary alicyclic amines) is 1. The summed E-state index contributed by atoms with van der Waals surface area (Å²) in [4.78, 5) is 18.1. The van der Waals surface area contributed by atoms with Gasteiger partial charge in [0.1, 0.15) is 11.6 Å². The molecule has 0 bridgehead atoms. The van der Waals surface area contributed by atoms with Crippen molar-refractivity contribution in [3.8, 4) is 0 Å². The molecule has 1 N–H and O–H groups in total. The Morgan fingerprint density at radius 3 is 2.88 bits per heavy atom. The summed E-state index contributed by atoms with van der Waals surface area (Å²) in [6.07, 6.45) is 1.79. The summed E-state index contributed by atoms with van der Waals surface area (Å²) in [7, 11) is 0. The Kier molecular flexibility index (Phi) is 4.85. The van der Waals surface area contributed by atoms with Crippen molar-refractivity contribution in [2.75, 3.05) is 6.54 Å². The molecule has 0 unspecified atom stereocenters. The first-order chi connectivity index (χ1) is 11.5. The SMILES string of the molecule is O=C(CCc1ccccn1)N1C[C@H](O)C[C@H]1c1cc(F)ccc1F. The number of rotatable bonds is 4. The zero-order chi connectivity index (χ0) is 17.1. The highest BCUT2D eigenvalue weighted by Gasteiger charge is 2.36. The van der Waals surface area contributed by atoms with Crippen molar-refractivity contribution in [2.24, 2.45) is 0 Å². The molecule has 1 aliphatic heterocycles. The average molecular weight is 332 g/mol. The van der Waals surface area contributed by atoms with Crippen LogP contribution in [0.4, 0.5) is 8.78 Å². The molecule has 0 saturated carbocycles. The maximum absolute atomic E-state index is 14.0. The first-order valence-corrected chi connectivity index (χ1v) is 7.87. The predicted molar refractivity (Wildman–Crippen MR) is 84.0 cm³/mol. The molecule has 6 heteroatoms. The van der Waals surface area contributed by atoms with Crippen molar-refractivity contribution < 1.29 is 18.7 Å². The van der Waals surface area contributed by atoms with Crippen LogP contribution in [0.3, 0.4) is 0 Å². The van der Waals surface area contributed by atoms with Gasteiger partial charge in [-0.2, -0.15) is 0 Å². The minimum Gasteiger partial charge on any atom is -0.391 e. The Balaban J connectivity index is 1.75. The summed E-state index contributed by atoms with van der Waals surface area (Å²) in [5, 5.41) is 9.90. The number of halogens is 2. The van der Waals surface area contributed by atoms with Crippen LogP contribution in [0, 0.1) is 11.6 Å². The number of hydrogen-bond acceptors (Lipinski definition) is 3. The zero-order valence-electron chi connectivity index (χ0n) is 13.0. The summed E-state index contributed by atoms with van der Waals surface area (Å²) in [6, 6.07) is 8.00. The van der Waals surface area contributed by atoms with Crippen LogP contribution in [-0.4, -0.2) is 33.5 Å². The molecule has 1 amide bonds. The number of carbonyl (C=O) groups excluding carboxylic acids is 1. The molecule has 1 aliphatic rings. The Morgan fingerprint density at radius 2 is 2.12 bits per heavy atom. The second kappa shape index (κ2) is 7.05. The quantitative estimate of drug-likeness (QED) is 0.936. The first-order valence-electron chi connectivity index (χ1n) is 7.87. The third kappa shape index (κ3) is 3.59. The lowest BCUT2D eigenvalue weighted by Gasteiger charge is -2.25. The van der Waals surface area contributed by atoms with Crippen LogP contribution >= 0.6 is 0 Å². The van der Waals surface area contributed by atoms with Crippen LogP contribution in [0.2, 0.25) is 0 Å². The molecular weight excluding hydrogens is 314 g/mol. The fraction of sp³-hybridized carbons (Fsp3) is 0.333. The fourth-order valence-corrected chi connectivity index (χ4v) is 3.08. The maximum atomic E-state index is 14.0. The molecule has 4 nitrogen and oxygen atoms in total. The molecule has 1 fully saturated rings. The van der Waals surface area contributed by atoms with Crippen LogP contribution in [0.15, 0.2) is 42.6 Å². The van der Waals surface area contributed by atoms with E-state index in [1.54, 1.807) is 12.3 Å². The van der Waals surface area contributed by atoms with Gasteiger partial charge in [-0.05, 0) is 43.2 Å². The van der Waals surface area contributed by atoms with Crippen LogP contribution in [0.1, 0.15) is 30.1 Å². The molecule has 1 saturated heterocycles. The van der Waals surface area contributed by atoms with Gasteiger partial charge in [0, 0.05) is 30.4 Å². The second-order valence-corrected chi connectivity index (χ2v) is 5.94. The highest BCUT2D eigenvalue weighted by molar-refractivity contribution is 5.77. The Labute approximate surface area is 138 Å². The molecule has 0 spiro atoms. The number of pyridine rings is 1. The molecule has 2 aromatic rings. The largest absolute Gasteiger partial charge is 0.391 e. The van der Waals surface area contributed by atoms with Gasteiger partial charge in [0.25, 0.3) is 0 Å². The van der Waals surface area contributed by atoms with E-state index < -0.39 is 23.8 Å². The normalized spacial score (nSPS) is 20.4. The van der Waals surface area contributed by atoms with Crippen LogP contribution < -0.4 is 0 Å². The number of aliphatic hydroxyl groups is 1. The lowest BCUT2D eigenvalue weighted by Crippen LogP contribution is -2.32. The van der Waals surface area contributed by atoms with Crippen molar-refractivity contribution in [1.82, 2.24) is 9.88 Å². The third-order valence-corrected chi connectivity index (χ3v) is 4.24. The number of hydrogen-bond donors (Lipinski definition) is 1. The van der Waals surface area contributed by atoms with Crippen molar-refractivity contribution in [3.63, 3.8) is 0 Å². The lowest BCUT2D eigenvalue weighted by molar-refractivity contribution is -0.132. The highest BCUT2D eigenvalue weighted by atomic mass is 19.1. The Bertz CT molecular complexity index is 724. The van der Waals surface area contributed by atoms with Crippen LogP contribution in [-0.2, 0) is 11.2 Å². The van der Waals surface area contributed by atoms with Gasteiger partial charge < -0.3 is 10.0 Å². The maximum Gasteiger partial charge on any atom is 0.223 e. The summed E-state index contributed by atoms with van der Waals surface area (Å²) < 4.78 is 27.5. The topological polar surface area (TPSA) is 53.4 Å². The van der Waals surface area contributed by atoms with E-state index in [2.05, 4.69) is 4.98 Å². The Hall–Kier alpha value is -2.34. The van der Waals surface area contributed by atoms with Gasteiger partial charge >= 0.3 is 0 Å². The van der Waals surface area contributed by atoms with E-state index in [-0.39, 0.29) is 30.9 Å². The number of aryl methyl sites for hydroxylation is 1. The lowest BCUT2D eigenvalue weighted by atomic mass is 10.0. The van der Waals surface area contributed by atoms with Crippen molar-refractivity contribution in [1.29, 1.82) is 0 Å². The van der Waals surface area contributed by atoms with E-state index in [1.807, 2.05) is 12.1 Å². The van der Waals surface area contributed by atoms with E-state index in [0.29, 0.717) is 6.42 Å². The summed E-state index contributed by atoms with van der Waals surface area (Å²) in [5.41, 5.74) is 0.900. The van der Waals surface area contributed by atoms with Crippen molar-refractivity contribution in [3.05, 3.63) is 65.5 Å². The van der Waals surface area contributed by atoms with Crippen molar-refractivity contribution in [2.45, 2.75) is 31.4 Å². The van der Waals surface area contributed by atoms with E-state index in [4.69, 9.17) is 0 Å². The average Bonchev–Trinajstić information content (AvgIpc) is 2.97. The number of aromatic nitrogens is 1. The standard InChI is InChI=1S/C18H18F2N2O2/c19-12-4-6-16(20)15(9-12)17-10-14(23)11-22(17)18(24)7-5-13-3-1-2-8-21-13/h1-4,6,8-9,14,17,23H,5,7,10-11H2/t14-,17+/m1/s1. The van der Waals surface area contributed by atoms with Gasteiger partial charge in [0.15, 0.2) is 0 Å². The van der Waals surface area contributed by atoms with Gasteiger partial charge in [0.05, 0.1) is 12.1 Å². The van der Waals surface area contributed by atoms with Gasteiger partial charge in [-0.1, -0.05) is 6.07 Å². The predicted octanol–water partition coefficient (Wildman–Crippen LogP) is 2.63. The van der Waals surface area contributed by atoms with Gasteiger partial charge in [0.2, 0.25) is 5.91 Å². The number of carbonyl (C=O) groups is 1. The molecular formula is C18H18F2N2O2. The summed E-state index contributed by atoms with van der Waals surface area (Å²) in [5.74, 6) is -1.34. The monoisotopic (exact) mass is 332 g/mol. The number of nitrogens with zero attached hydrogens (tertiary/aromatic N) is 2. The third-order valence-electron chi connectivity index (χ3n) is 4.24. The molecule has 126 valence electrons. The number of benzene rings is 1. The fourth-order valence-electron chi connectivity index (χ4n) is 3.08. The van der Waals surface area contributed by atoms with Gasteiger partial charge in [-0.3, -0.25) is 9.78 Å². The zero-order valence-corrected chi connectivity index (χ0v) is 13.0.